The molecule has 1 aromatic carbocycles. The van der Waals surface area contributed by atoms with E-state index in [9.17, 15) is 4.79 Å². The molecule has 0 bridgehead atoms. The number of hydrogen-bond donors (Lipinski definition) is 1. The molecule has 0 saturated carbocycles. The van der Waals surface area contributed by atoms with Crippen molar-refractivity contribution < 1.29 is 4.79 Å². The minimum atomic E-state index is -0.109. The lowest BCUT2D eigenvalue weighted by Gasteiger charge is -2.14. The summed E-state index contributed by atoms with van der Waals surface area (Å²) in [5.41, 5.74) is 2.96. The van der Waals surface area contributed by atoms with Gasteiger partial charge in [-0.25, -0.2) is 4.98 Å². The molecule has 0 unspecified atom stereocenters. The molecular formula is C17H21N3OS2. The Hall–Kier alpha value is -1.37. The van der Waals surface area contributed by atoms with E-state index >= 15 is 0 Å². The maximum Gasteiger partial charge on any atom is 0.271 e. The van der Waals surface area contributed by atoms with Gasteiger partial charge in [0.25, 0.3) is 5.91 Å². The van der Waals surface area contributed by atoms with Crippen molar-refractivity contribution in [3.05, 3.63) is 46.5 Å². The topological polar surface area (TPSA) is 45.2 Å². The van der Waals surface area contributed by atoms with E-state index < -0.39 is 0 Å². The lowest BCUT2D eigenvalue weighted by molar-refractivity contribution is 0.0946. The fourth-order valence-electron chi connectivity index (χ4n) is 2.69. The van der Waals surface area contributed by atoms with Crippen LogP contribution in [0.25, 0.3) is 0 Å². The second kappa shape index (κ2) is 7.95. The van der Waals surface area contributed by atoms with Crippen LogP contribution in [0.15, 0.2) is 34.0 Å². The summed E-state index contributed by atoms with van der Waals surface area (Å²) < 4.78 is 0.918. The van der Waals surface area contributed by atoms with Gasteiger partial charge in [0.1, 0.15) is 10.0 Å². The first-order chi connectivity index (χ1) is 11.2. The normalized spacial score (nSPS) is 15.0. The van der Waals surface area contributed by atoms with E-state index in [0.29, 0.717) is 12.2 Å². The van der Waals surface area contributed by atoms with Gasteiger partial charge in [-0.2, -0.15) is 0 Å². The Morgan fingerprint density at radius 2 is 1.96 bits per heavy atom. The number of hydrogen-bond acceptors (Lipinski definition) is 5. The number of likely N-dealkylation sites (tertiary alicyclic amines) is 1. The molecule has 1 N–H and O–H groups in total. The largest absolute Gasteiger partial charge is 0.347 e. The van der Waals surface area contributed by atoms with Crippen molar-refractivity contribution in [1.29, 1.82) is 0 Å². The van der Waals surface area contributed by atoms with Crippen LogP contribution in [0.1, 0.15) is 34.5 Å². The minimum absolute atomic E-state index is 0.109. The molecule has 0 aliphatic carbocycles. The smallest absolute Gasteiger partial charge is 0.271 e. The predicted octanol–water partition coefficient (Wildman–Crippen LogP) is 3.39. The highest BCUT2D eigenvalue weighted by atomic mass is 32.2. The fraction of sp³-hybridized carbons (Fsp3) is 0.412. The van der Waals surface area contributed by atoms with E-state index in [4.69, 9.17) is 0 Å². The molecule has 0 atom stereocenters. The third-order valence-corrected chi connectivity index (χ3v) is 5.83. The molecule has 2 aromatic rings. The highest BCUT2D eigenvalue weighted by Crippen LogP contribution is 2.19. The number of amides is 1. The number of nitrogens with zero attached hydrogens (tertiary/aromatic N) is 2. The van der Waals surface area contributed by atoms with Crippen molar-refractivity contribution in [1.82, 2.24) is 15.2 Å². The molecule has 1 saturated heterocycles. The van der Waals surface area contributed by atoms with Crippen LogP contribution in [0.2, 0.25) is 0 Å². The summed E-state index contributed by atoms with van der Waals surface area (Å²) in [6, 6.07) is 8.52. The standard InChI is InChI=1S/C17H21N3OS2/c1-22-17-19-15(12-23-17)16(21)18-10-13-4-6-14(7-5-13)11-20-8-2-3-9-20/h4-7,12H,2-3,8-11H2,1H3,(H,18,21). The number of thioether (sulfide) groups is 1. The van der Waals surface area contributed by atoms with Gasteiger partial charge in [0.15, 0.2) is 0 Å². The van der Waals surface area contributed by atoms with Crippen LogP contribution in [-0.4, -0.2) is 35.1 Å². The third-order valence-electron chi connectivity index (χ3n) is 3.97. The maximum absolute atomic E-state index is 12.1. The van der Waals surface area contributed by atoms with Crippen molar-refractivity contribution in [3.8, 4) is 0 Å². The lowest BCUT2D eigenvalue weighted by Crippen LogP contribution is -2.23. The van der Waals surface area contributed by atoms with E-state index in [1.54, 1.807) is 17.1 Å². The van der Waals surface area contributed by atoms with Gasteiger partial charge in [0.2, 0.25) is 0 Å². The first kappa shape index (κ1) is 16.5. The minimum Gasteiger partial charge on any atom is -0.347 e. The number of carbonyl (C=O) groups excluding carboxylic acids is 1. The molecule has 0 spiro atoms. The molecule has 0 radical (unpaired) electrons. The van der Waals surface area contributed by atoms with E-state index in [2.05, 4.69) is 39.5 Å². The Bertz CT molecular complexity index is 648. The molecule has 4 nitrogen and oxygen atoms in total. The molecule has 23 heavy (non-hydrogen) atoms. The van der Waals surface area contributed by atoms with E-state index in [0.717, 1.165) is 16.4 Å². The van der Waals surface area contributed by atoms with E-state index in [1.165, 1.54) is 42.8 Å². The molecule has 1 aromatic heterocycles. The Kier molecular flexibility index (Phi) is 5.70. The lowest BCUT2D eigenvalue weighted by atomic mass is 10.1. The molecule has 1 fully saturated rings. The molecular weight excluding hydrogens is 326 g/mol. The highest BCUT2D eigenvalue weighted by molar-refractivity contribution is 8.00. The van der Waals surface area contributed by atoms with Crippen LogP contribution in [0, 0.1) is 0 Å². The van der Waals surface area contributed by atoms with Gasteiger partial charge in [-0.15, -0.1) is 11.3 Å². The summed E-state index contributed by atoms with van der Waals surface area (Å²) in [6.45, 7) is 3.99. The molecule has 1 aliphatic heterocycles. The maximum atomic E-state index is 12.1. The quantitative estimate of drug-likeness (QED) is 0.814. The Morgan fingerprint density at radius 1 is 1.26 bits per heavy atom. The summed E-state index contributed by atoms with van der Waals surface area (Å²) >= 11 is 3.06. The number of carbonyl (C=O) groups is 1. The van der Waals surface area contributed by atoms with Crippen LogP contribution in [0.5, 0.6) is 0 Å². The van der Waals surface area contributed by atoms with Crippen molar-refractivity contribution in [2.45, 2.75) is 30.3 Å². The second-order valence-electron chi connectivity index (χ2n) is 5.69. The molecule has 122 valence electrons. The number of thiazole rings is 1. The van der Waals surface area contributed by atoms with Crippen molar-refractivity contribution in [2.24, 2.45) is 0 Å². The number of aromatic nitrogens is 1. The van der Waals surface area contributed by atoms with Crippen molar-refractivity contribution >= 4 is 29.0 Å². The van der Waals surface area contributed by atoms with Crippen LogP contribution >= 0.6 is 23.1 Å². The number of benzene rings is 1. The predicted molar refractivity (Wildman–Crippen MR) is 96.0 cm³/mol. The van der Waals surface area contributed by atoms with Gasteiger partial charge in [0.05, 0.1) is 0 Å². The zero-order chi connectivity index (χ0) is 16.1. The Balaban J connectivity index is 1.50. The van der Waals surface area contributed by atoms with E-state index in [-0.39, 0.29) is 5.91 Å². The molecule has 3 rings (SSSR count). The van der Waals surface area contributed by atoms with Crippen LogP contribution in [-0.2, 0) is 13.1 Å². The molecule has 6 heteroatoms. The summed E-state index contributed by atoms with van der Waals surface area (Å²) in [5, 5.41) is 4.74. The van der Waals surface area contributed by atoms with Crippen molar-refractivity contribution in [2.75, 3.05) is 19.3 Å². The van der Waals surface area contributed by atoms with Crippen LogP contribution in [0.4, 0.5) is 0 Å². The number of rotatable bonds is 6. The van der Waals surface area contributed by atoms with E-state index in [1.807, 2.05) is 6.26 Å². The van der Waals surface area contributed by atoms with Gasteiger partial charge in [0, 0.05) is 18.5 Å². The van der Waals surface area contributed by atoms with Crippen LogP contribution < -0.4 is 5.32 Å². The third kappa shape index (κ3) is 4.56. The summed E-state index contributed by atoms with van der Waals surface area (Å²) in [6.07, 6.45) is 4.60. The highest BCUT2D eigenvalue weighted by Gasteiger charge is 2.12. The van der Waals surface area contributed by atoms with Gasteiger partial charge >= 0.3 is 0 Å². The monoisotopic (exact) mass is 347 g/mol. The average molecular weight is 348 g/mol. The zero-order valence-corrected chi connectivity index (χ0v) is 14.9. The van der Waals surface area contributed by atoms with Gasteiger partial charge in [-0.1, -0.05) is 36.0 Å². The van der Waals surface area contributed by atoms with Gasteiger partial charge in [-0.3, -0.25) is 9.69 Å². The average Bonchev–Trinajstić information content (AvgIpc) is 3.25. The second-order valence-corrected chi connectivity index (χ2v) is 7.60. The van der Waals surface area contributed by atoms with Crippen LogP contribution in [0.3, 0.4) is 0 Å². The van der Waals surface area contributed by atoms with Gasteiger partial charge in [-0.05, 0) is 43.3 Å². The Labute approximate surface area is 145 Å². The molecule has 1 amide bonds. The fourth-order valence-corrected chi connectivity index (χ4v) is 3.93. The Morgan fingerprint density at radius 3 is 2.61 bits per heavy atom. The molecule has 1 aliphatic rings. The summed E-state index contributed by atoms with van der Waals surface area (Å²) in [4.78, 5) is 18.8. The van der Waals surface area contributed by atoms with Crippen molar-refractivity contribution in [3.63, 3.8) is 0 Å². The first-order valence-electron chi connectivity index (χ1n) is 7.82. The molecule has 2 heterocycles. The first-order valence-corrected chi connectivity index (χ1v) is 9.93. The van der Waals surface area contributed by atoms with Gasteiger partial charge < -0.3 is 5.32 Å². The number of nitrogens with one attached hydrogen (secondary N) is 1. The SMILES string of the molecule is CSc1nc(C(=O)NCc2ccc(CN3CCCC3)cc2)cs1. The summed E-state index contributed by atoms with van der Waals surface area (Å²) in [5.74, 6) is -0.109. The summed E-state index contributed by atoms with van der Waals surface area (Å²) in [7, 11) is 0. The zero-order valence-electron chi connectivity index (χ0n) is 13.2.